The van der Waals surface area contributed by atoms with Gasteiger partial charge in [0, 0.05) is 24.7 Å². The highest BCUT2D eigenvalue weighted by atomic mass is 32.2. The molecule has 0 saturated carbocycles. The normalized spacial score (nSPS) is 15.3. The fourth-order valence-corrected chi connectivity index (χ4v) is 4.98. The molecule has 2 aliphatic heterocycles. The molecule has 4 heterocycles. The maximum absolute atomic E-state index is 12.3. The van der Waals surface area contributed by atoms with Crippen molar-refractivity contribution in [1.82, 2.24) is 24.9 Å². The van der Waals surface area contributed by atoms with Crippen LogP contribution in [0.4, 0.5) is 23.3 Å². The molecule has 12 nitrogen and oxygen atoms in total. The topological polar surface area (TPSA) is 160 Å². The van der Waals surface area contributed by atoms with Gasteiger partial charge in [-0.1, -0.05) is 0 Å². The van der Waals surface area contributed by atoms with Gasteiger partial charge in [0.2, 0.25) is 16.0 Å². The summed E-state index contributed by atoms with van der Waals surface area (Å²) in [5.74, 6) is 2.44. The molecule has 6 rings (SSSR count). The molecule has 1 saturated heterocycles. The molecule has 0 aliphatic carbocycles. The number of hydrogen-bond donors (Lipinski definition) is 4. The summed E-state index contributed by atoms with van der Waals surface area (Å²) in [6.45, 7) is 2.70. The van der Waals surface area contributed by atoms with E-state index >= 15 is 0 Å². The molecule has 0 unspecified atom stereocenters. The Bertz CT molecular complexity index is 1560. The predicted molar refractivity (Wildman–Crippen MR) is 131 cm³/mol. The highest BCUT2D eigenvalue weighted by molar-refractivity contribution is 7.89. The van der Waals surface area contributed by atoms with Crippen LogP contribution in [0.2, 0.25) is 0 Å². The van der Waals surface area contributed by atoms with Crippen LogP contribution in [-0.4, -0.2) is 61.9 Å². The van der Waals surface area contributed by atoms with Crippen LogP contribution in [0.3, 0.4) is 0 Å². The van der Waals surface area contributed by atoms with Gasteiger partial charge in [0.05, 0.1) is 40.4 Å². The van der Waals surface area contributed by atoms with E-state index in [0.717, 1.165) is 35.4 Å². The van der Waals surface area contributed by atoms with Crippen LogP contribution in [0.25, 0.3) is 22.2 Å². The number of benzene rings is 2. The van der Waals surface area contributed by atoms with Crippen LogP contribution in [0.1, 0.15) is 0 Å². The molecule has 0 spiro atoms. The largest absolute Gasteiger partial charge is 0.454 e. The number of morpholine rings is 1. The molecule has 0 amide bonds. The zero-order valence-electron chi connectivity index (χ0n) is 18.7. The first kappa shape index (κ1) is 21.6. The van der Waals surface area contributed by atoms with Crippen molar-refractivity contribution in [2.45, 2.75) is 4.90 Å². The third-order valence-electron chi connectivity index (χ3n) is 5.99. The molecule has 35 heavy (non-hydrogen) atoms. The predicted octanol–water partition coefficient (Wildman–Crippen LogP) is 2.20. The minimum absolute atomic E-state index is 0.111. The first-order chi connectivity index (χ1) is 16.9. The summed E-state index contributed by atoms with van der Waals surface area (Å²) in [7, 11) is -2.26. The van der Waals surface area contributed by atoms with Crippen molar-refractivity contribution in [3.63, 3.8) is 0 Å². The molecule has 4 aromatic rings. The summed E-state index contributed by atoms with van der Waals surface area (Å²) < 4.78 is 38.5. The summed E-state index contributed by atoms with van der Waals surface area (Å²) in [6.07, 6.45) is 0. The van der Waals surface area contributed by atoms with Crippen molar-refractivity contribution in [2.24, 2.45) is 0 Å². The fraction of sp³-hybridized carbons (Fsp3) is 0.227. The minimum atomic E-state index is -3.62. The molecular weight excluding hydrogens is 472 g/mol. The summed E-state index contributed by atoms with van der Waals surface area (Å²) in [5, 5.41) is 11.3. The number of rotatable bonds is 4. The van der Waals surface area contributed by atoms with E-state index in [1.807, 2.05) is 18.2 Å². The molecular formula is C22H22N8O4S. The van der Waals surface area contributed by atoms with Crippen LogP contribution < -0.4 is 25.4 Å². The SMILES string of the molecule is CNS(=O)(=O)c1ccc2c(c1)Nc1n[nH]c3cc(-c4cc(N5CCOCC5)nc(N)n4)cc(c13)O2. The van der Waals surface area contributed by atoms with E-state index in [4.69, 9.17) is 15.2 Å². The van der Waals surface area contributed by atoms with Crippen molar-refractivity contribution in [1.29, 1.82) is 0 Å². The standard InChI is InChI=1S/C22H22N8O4S/c1-24-35(31,32)13-2-3-17-15(10-13)25-21-20-16(28-29-21)8-12(9-18(20)34-17)14-11-19(27-22(23)26-14)30-4-6-33-7-5-30/h2-3,8-11,24H,4-7H2,1H3,(H2,23,26,27)(H2,25,28,29). The Hall–Kier alpha value is -3.94. The summed E-state index contributed by atoms with van der Waals surface area (Å²) in [5.41, 5.74) is 8.67. The average Bonchev–Trinajstić information content (AvgIpc) is 3.20. The lowest BCUT2D eigenvalue weighted by atomic mass is 10.1. The summed E-state index contributed by atoms with van der Waals surface area (Å²) in [6, 6.07) is 10.3. The van der Waals surface area contributed by atoms with Gasteiger partial charge < -0.3 is 25.4 Å². The molecule has 2 aromatic heterocycles. The van der Waals surface area contributed by atoms with Gasteiger partial charge in [-0.2, -0.15) is 10.1 Å². The monoisotopic (exact) mass is 494 g/mol. The molecule has 0 radical (unpaired) electrons. The number of ether oxygens (including phenoxy) is 2. The van der Waals surface area contributed by atoms with Crippen LogP contribution in [0.5, 0.6) is 11.5 Å². The Kier molecular flexibility index (Phi) is 4.98. The molecule has 0 atom stereocenters. The number of sulfonamides is 1. The number of nitrogens with zero attached hydrogens (tertiary/aromatic N) is 4. The smallest absolute Gasteiger partial charge is 0.240 e. The van der Waals surface area contributed by atoms with E-state index in [1.165, 1.54) is 19.2 Å². The Labute approximate surface area is 200 Å². The first-order valence-corrected chi connectivity index (χ1v) is 12.4. The molecule has 0 bridgehead atoms. The Morgan fingerprint density at radius 3 is 2.71 bits per heavy atom. The Morgan fingerprint density at radius 2 is 1.91 bits per heavy atom. The van der Waals surface area contributed by atoms with Gasteiger partial charge in [0.15, 0.2) is 11.6 Å². The number of H-pyrrole nitrogens is 1. The molecule has 2 aliphatic rings. The fourth-order valence-electron chi connectivity index (χ4n) is 4.22. The highest BCUT2D eigenvalue weighted by Gasteiger charge is 2.24. The van der Waals surface area contributed by atoms with Gasteiger partial charge in [-0.25, -0.2) is 18.1 Å². The number of aromatic amines is 1. The number of nitrogens with one attached hydrogen (secondary N) is 3. The Balaban J connectivity index is 1.44. The second-order valence-electron chi connectivity index (χ2n) is 8.13. The van der Waals surface area contributed by atoms with Crippen molar-refractivity contribution < 1.29 is 17.9 Å². The van der Waals surface area contributed by atoms with Crippen molar-refractivity contribution in [3.05, 3.63) is 36.4 Å². The molecule has 5 N–H and O–H groups in total. The number of hydrogen-bond acceptors (Lipinski definition) is 10. The van der Waals surface area contributed by atoms with Crippen LogP contribution in [-0.2, 0) is 14.8 Å². The zero-order valence-corrected chi connectivity index (χ0v) is 19.5. The van der Waals surface area contributed by atoms with E-state index in [0.29, 0.717) is 41.9 Å². The van der Waals surface area contributed by atoms with Crippen LogP contribution >= 0.6 is 0 Å². The molecule has 13 heteroatoms. The summed E-state index contributed by atoms with van der Waals surface area (Å²) >= 11 is 0. The number of aromatic nitrogens is 4. The third-order valence-corrected chi connectivity index (χ3v) is 7.40. The quantitative estimate of drug-likeness (QED) is 0.291. The van der Waals surface area contributed by atoms with Gasteiger partial charge in [0.25, 0.3) is 0 Å². The van der Waals surface area contributed by atoms with Crippen LogP contribution in [0, 0.1) is 0 Å². The van der Waals surface area contributed by atoms with E-state index in [-0.39, 0.29) is 10.8 Å². The van der Waals surface area contributed by atoms with Gasteiger partial charge in [-0.05, 0) is 37.4 Å². The maximum atomic E-state index is 12.3. The van der Waals surface area contributed by atoms with Crippen molar-refractivity contribution in [2.75, 3.05) is 49.3 Å². The molecule has 1 fully saturated rings. The minimum Gasteiger partial charge on any atom is -0.454 e. The highest BCUT2D eigenvalue weighted by Crippen LogP contribution is 2.44. The van der Waals surface area contributed by atoms with Gasteiger partial charge in [-0.3, -0.25) is 5.10 Å². The number of nitrogens with two attached hydrogens (primary N) is 1. The first-order valence-electron chi connectivity index (χ1n) is 10.9. The van der Waals surface area contributed by atoms with Crippen molar-refractivity contribution >= 4 is 44.2 Å². The zero-order chi connectivity index (χ0) is 24.2. The average molecular weight is 495 g/mol. The second-order valence-corrected chi connectivity index (χ2v) is 10.0. The van der Waals surface area contributed by atoms with E-state index in [9.17, 15) is 8.42 Å². The van der Waals surface area contributed by atoms with E-state index in [2.05, 4.69) is 35.1 Å². The second kappa shape index (κ2) is 8.08. The van der Waals surface area contributed by atoms with Gasteiger partial charge in [-0.15, -0.1) is 0 Å². The molecule has 2 aromatic carbocycles. The number of fused-ring (bicyclic) bond motifs is 1. The Morgan fingerprint density at radius 1 is 1.09 bits per heavy atom. The van der Waals surface area contributed by atoms with Crippen molar-refractivity contribution in [3.8, 4) is 22.8 Å². The lowest BCUT2D eigenvalue weighted by Gasteiger charge is -2.28. The third kappa shape index (κ3) is 3.79. The van der Waals surface area contributed by atoms with E-state index < -0.39 is 10.0 Å². The molecule has 180 valence electrons. The maximum Gasteiger partial charge on any atom is 0.240 e. The lowest BCUT2D eigenvalue weighted by molar-refractivity contribution is 0.122. The van der Waals surface area contributed by atoms with E-state index in [1.54, 1.807) is 6.07 Å². The number of nitrogen functional groups attached to an aromatic ring is 1. The van der Waals surface area contributed by atoms with Gasteiger partial charge >= 0.3 is 0 Å². The lowest BCUT2D eigenvalue weighted by Crippen LogP contribution is -2.36. The number of anilines is 4. The van der Waals surface area contributed by atoms with Gasteiger partial charge in [0.1, 0.15) is 11.6 Å². The van der Waals surface area contributed by atoms with Crippen LogP contribution in [0.15, 0.2) is 41.3 Å². The summed E-state index contributed by atoms with van der Waals surface area (Å²) in [4.78, 5) is 11.1.